The van der Waals surface area contributed by atoms with Gasteiger partial charge in [0.15, 0.2) is 0 Å². The van der Waals surface area contributed by atoms with Crippen LogP contribution in [0.3, 0.4) is 0 Å². The summed E-state index contributed by atoms with van der Waals surface area (Å²) in [7, 11) is 0. The van der Waals surface area contributed by atoms with Crippen molar-refractivity contribution >= 4 is 52.3 Å². The zero-order chi connectivity index (χ0) is 27.0. The van der Waals surface area contributed by atoms with Gasteiger partial charge < -0.3 is 0 Å². The van der Waals surface area contributed by atoms with Crippen LogP contribution in [0, 0.1) is 26.1 Å². The SMILES string of the molecule is O=C(c1cc([N+](=O)[O-])cc([N+](=O)[O-])c1)N1N=C2/C(=C/c3ccc(Cl)cc3)CCCC2C1c1ccc(Cl)cc1. The first kappa shape index (κ1) is 25.6. The summed E-state index contributed by atoms with van der Waals surface area (Å²) < 4.78 is 0. The van der Waals surface area contributed by atoms with Crippen molar-refractivity contribution in [3.8, 4) is 0 Å². The highest BCUT2D eigenvalue weighted by molar-refractivity contribution is 6.30. The molecule has 0 saturated heterocycles. The predicted molar refractivity (Wildman–Crippen MR) is 144 cm³/mol. The number of rotatable bonds is 5. The molecule has 1 fully saturated rings. The maximum atomic E-state index is 13.8. The van der Waals surface area contributed by atoms with Gasteiger partial charge in [-0.3, -0.25) is 25.0 Å². The Hall–Kier alpha value is -4.08. The molecule has 9 nitrogen and oxygen atoms in total. The zero-order valence-electron chi connectivity index (χ0n) is 19.8. The molecule has 2 unspecified atom stereocenters. The smallest absolute Gasteiger partial charge is 0.267 e. The minimum Gasteiger partial charge on any atom is -0.267 e. The van der Waals surface area contributed by atoms with Crippen molar-refractivity contribution in [3.05, 3.63) is 119 Å². The number of benzene rings is 3. The van der Waals surface area contributed by atoms with E-state index in [4.69, 9.17) is 28.3 Å². The van der Waals surface area contributed by atoms with Crippen LogP contribution in [-0.2, 0) is 0 Å². The highest BCUT2D eigenvalue weighted by atomic mass is 35.5. The third-order valence-corrected chi connectivity index (χ3v) is 7.21. The molecular formula is C27H20Cl2N4O5. The molecular weight excluding hydrogens is 531 g/mol. The number of carbonyl (C=O) groups excluding carboxylic acids is 1. The molecule has 1 aliphatic heterocycles. The Morgan fingerprint density at radius 1 is 0.921 bits per heavy atom. The van der Waals surface area contributed by atoms with E-state index in [1.807, 2.05) is 30.3 Å². The number of amides is 1. The van der Waals surface area contributed by atoms with Gasteiger partial charge in [0, 0.05) is 28.1 Å². The fraction of sp³-hybridized carbons (Fsp3) is 0.185. The zero-order valence-corrected chi connectivity index (χ0v) is 21.3. The Morgan fingerprint density at radius 3 is 2.08 bits per heavy atom. The van der Waals surface area contributed by atoms with E-state index in [0.29, 0.717) is 10.0 Å². The van der Waals surface area contributed by atoms with Gasteiger partial charge in [0.1, 0.15) is 0 Å². The fourth-order valence-corrected chi connectivity index (χ4v) is 5.24. The van der Waals surface area contributed by atoms with Crippen LogP contribution in [0.5, 0.6) is 0 Å². The van der Waals surface area contributed by atoms with Crippen molar-refractivity contribution in [2.24, 2.45) is 11.0 Å². The van der Waals surface area contributed by atoms with Gasteiger partial charge in [-0.2, -0.15) is 5.10 Å². The van der Waals surface area contributed by atoms with Gasteiger partial charge in [0.25, 0.3) is 17.3 Å². The van der Waals surface area contributed by atoms with Crippen LogP contribution in [0.4, 0.5) is 11.4 Å². The molecule has 0 N–H and O–H groups in total. The third kappa shape index (κ3) is 5.03. The molecule has 1 saturated carbocycles. The van der Waals surface area contributed by atoms with Crippen LogP contribution in [0.25, 0.3) is 6.08 Å². The second-order valence-electron chi connectivity index (χ2n) is 9.10. The van der Waals surface area contributed by atoms with Crippen molar-refractivity contribution in [2.45, 2.75) is 25.3 Å². The minimum absolute atomic E-state index is 0.138. The molecule has 3 aromatic rings. The number of nitrogens with zero attached hydrogens (tertiary/aromatic N) is 4. The first-order valence-electron chi connectivity index (χ1n) is 11.8. The summed E-state index contributed by atoms with van der Waals surface area (Å²) in [5.74, 6) is -0.800. The number of halogens is 2. The summed E-state index contributed by atoms with van der Waals surface area (Å²) >= 11 is 12.1. The lowest BCUT2D eigenvalue weighted by molar-refractivity contribution is -0.394. The molecule has 1 heterocycles. The Kier molecular flexibility index (Phi) is 6.96. The number of non-ortho nitro benzene ring substituents is 2. The van der Waals surface area contributed by atoms with Gasteiger partial charge in [0.05, 0.1) is 33.2 Å². The van der Waals surface area contributed by atoms with Gasteiger partial charge in [-0.05, 0) is 66.3 Å². The molecule has 11 heteroatoms. The van der Waals surface area contributed by atoms with Crippen molar-refractivity contribution < 1.29 is 14.6 Å². The topological polar surface area (TPSA) is 119 Å². The van der Waals surface area contributed by atoms with E-state index in [1.54, 1.807) is 24.3 Å². The lowest BCUT2D eigenvalue weighted by Crippen LogP contribution is -2.32. The van der Waals surface area contributed by atoms with Crippen LogP contribution in [-0.4, -0.2) is 26.5 Å². The molecule has 0 spiro atoms. The Bertz CT molecular complexity index is 1470. The number of hydrazone groups is 1. The number of allylic oxidation sites excluding steroid dienone is 1. The average molecular weight is 551 g/mol. The molecule has 0 bridgehead atoms. The van der Waals surface area contributed by atoms with Crippen molar-refractivity contribution in [1.29, 1.82) is 0 Å². The average Bonchev–Trinajstić information content (AvgIpc) is 3.30. The first-order valence-corrected chi connectivity index (χ1v) is 12.5. The molecule has 5 rings (SSSR count). The summed E-state index contributed by atoms with van der Waals surface area (Å²) in [6.07, 6.45) is 4.42. The van der Waals surface area contributed by atoms with Crippen LogP contribution in [0.15, 0.2) is 77.4 Å². The van der Waals surface area contributed by atoms with E-state index in [2.05, 4.69) is 0 Å². The maximum absolute atomic E-state index is 13.8. The van der Waals surface area contributed by atoms with Gasteiger partial charge in [-0.15, -0.1) is 0 Å². The molecule has 2 atom stereocenters. The maximum Gasteiger partial charge on any atom is 0.277 e. The van der Waals surface area contributed by atoms with Crippen molar-refractivity contribution in [1.82, 2.24) is 5.01 Å². The van der Waals surface area contributed by atoms with Crippen molar-refractivity contribution in [3.63, 3.8) is 0 Å². The fourth-order valence-electron chi connectivity index (χ4n) is 4.98. The number of carbonyl (C=O) groups is 1. The number of nitro benzene ring substituents is 2. The van der Waals surface area contributed by atoms with Gasteiger partial charge in [0.2, 0.25) is 0 Å². The monoisotopic (exact) mass is 550 g/mol. The van der Waals surface area contributed by atoms with Gasteiger partial charge >= 0.3 is 0 Å². The Balaban J connectivity index is 1.61. The molecule has 0 aromatic heterocycles. The molecule has 1 amide bonds. The number of fused-ring (bicyclic) bond motifs is 1. The highest BCUT2D eigenvalue weighted by Gasteiger charge is 2.44. The second kappa shape index (κ2) is 10.4. The van der Waals surface area contributed by atoms with E-state index < -0.39 is 33.2 Å². The largest absolute Gasteiger partial charge is 0.277 e. The van der Waals surface area contributed by atoms with Crippen LogP contribution < -0.4 is 0 Å². The lowest BCUT2D eigenvalue weighted by atomic mass is 9.77. The number of nitro groups is 2. The summed E-state index contributed by atoms with van der Waals surface area (Å²) in [5.41, 5.74) is 2.18. The third-order valence-electron chi connectivity index (χ3n) is 6.70. The Morgan fingerprint density at radius 2 is 1.50 bits per heavy atom. The van der Waals surface area contributed by atoms with Gasteiger partial charge in [-0.25, -0.2) is 5.01 Å². The molecule has 2 aliphatic rings. The number of hydrogen-bond donors (Lipinski definition) is 0. The molecule has 1 aliphatic carbocycles. The standard InChI is InChI=1S/C27H20Cl2N4O5/c28-20-8-4-16(5-9-20)12-18-2-1-3-24-25(18)30-31(26(24)17-6-10-21(29)11-7-17)27(34)19-13-22(32(35)36)15-23(14-19)33(37)38/h4-15,24,26H,1-3H2/b18-12+. The predicted octanol–water partition coefficient (Wildman–Crippen LogP) is 7.25. The van der Waals surface area contributed by atoms with Gasteiger partial charge in [-0.1, -0.05) is 47.5 Å². The van der Waals surface area contributed by atoms with Crippen molar-refractivity contribution in [2.75, 3.05) is 0 Å². The second-order valence-corrected chi connectivity index (χ2v) is 9.98. The number of hydrogen-bond acceptors (Lipinski definition) is 6. The summed E-state index contributed by atoms with van der Waals surface area (Å²) in [6, 6.07) is 16.9. The quantitative estimate of drug-likeness (QED) is 0.245. The molecule has 3 aromatic carbocycles. The van der Waals surface area contributed by atoms with E-state index in [0.717, 1.165) is 59.9 Å². The van der Waals surface area contributed by atoms with E-state index >= 15 is 0 Å². The van der Waals surface area contributed by atoms with E-state index in [1.165, 1.54) is 5.01 Å². The van der Waals surface area contributed by atoms with Crippen LogP contribution in [0.1, 0.15) is 46.8 Å². The highest BCUT2D eigenvalue weighted by Crippen LogP contribution is 2.45. The first-order chi connectivity index (χ1) is 18.2. The summed E-state index contributed by atoms with van der Waals surface area (Å²) in [6.45, 7) is 0. The van der Waals surface area contributed by atoms with Crippen LogP contribution in [0.2, 0.25) is 10.0 Å². The minimum atomic E-state index is -0.761. The van der Waals surface area contributed by atoms with E-state index in [-0.39, 0.29) is 11.5 Å². The van der Waals surface area contributed by atoms with E-state index in [9.17, 15) is 25.0 Å². The summed E-state index contributed by atoms with van der Waals surface area (Å²) in [4.78, 5) is 35.2. The normalized spacial score (nSPS) is 19.7. The Labute approximate surface area is 227 Å². The molecule has 192 valence electrons. The van der Waals surface area contributed by atoms with Crippen LogP contribution >= 0.6 is 23.2 Å². The molecule has 0 radical (unpaired) electrons. The molecule has 38 heavy (non-hydrogen) atoms. The summed E-state index contributed by atoms with van der Waals surface area (Å²) in [5, 5.41) is 30.1. The lowest BCUT2D eigenvalue weighted by Gasteiger charge is -2.29.